The molecular weight excluding hydrogens is 328 g/mol. The Balaban J connectivity index is 1.73. The molecule has 0 radical (unpaired) electrons. The van der Waals surface area contributed by atoms with Crippen LogP contribution in [-0.4, -0.2) is 38.6 Å². The number of benzene rings is 1. The lowest BCUT2D eigenvalue weighted by molar-refractivity contribution is 0.0775. The Kier molecular flexibility index (Phi) is 4.62. The van der Waals surface area contributed by atoms with Crippen LogP contribution in [-0.2, 0) is 16.6 Å². The summed E-state index contributed by atoms with van der Waals surface area (Å²) in [5, 5.41) is 0. The molecule has 1 aliphatic rings. The highest BCUT2D eigenvalue weighted by molar-refractivity contribution is 7.92. The van der Waals surface area contributed by atoms with Crippen LogP contribution in [0.15, 0.2) is 47.1 Å². The highest BCUT2D eigenvalue weighted by atomic mass is 32.2. The van der Waals surface area contributed by atoms with Gasteiger partial charge in [-0.15, -0.1) is 0 Å². The van der Waals surface area contributed by atoms with Gasteiger partial charge in [0, 0.05) is 19.2 Å². The van der Waals surface area contributed by atoms with Gasteiger partial charge in [0.15, 0.2) is 0 Å². The van der Waals surface area contributed by atoms with Gasteiger partial charge >= 0.3 is 0 Å². The van der Waals surface area contributed by atoms with Gasteiger partial charge in [0.25, 0.3) is 5.91 Å². The van der Waals surface area contributed by atoms with E-state index in [2.05, 4.69) is 0 Å². The van der Waals surface area contributed by atoms with Gasteiger partial charge in [-0.25, -0.2) is 8.42 Å². The average Bonchev–Trinajstić information content (AvgIpc) is 3.07. The van der Waals surface area contributed by atoms with E-state index in [4.69, 9.17) is 4.42 Å². The van der Waals surface area contributed by atoms with Crippen LogP contribution in [0.25, 0.3) is 0 Å². The van der Waals surface area contributed by atoms with E-state index in [1.54, 1.807) is 48.5 Å². The highest BCUT2D eigenvalue weighted by Gasteiger charge is 2.26. The predicted octanol–water partition coefficient (Wildman–Crippen LogP) is 2.48. The Morgan fingerprint density at radius 1 is 1.21 bits per heavy atom. The molecule has 0 bridgehead atoms. The lowest BCUT2D eigenvalue weighted by Crippen LogP contribution is -2.37. The van der Waals surface area contributed by atoms with Gasteiger partial charge in [-0.2, -0.15) is 0 Å². The van der Waals surface area contributed by atoms with Crippen LogP contribution in [0.2, 0.25) is 0 Å². The van der Waals surface area contributed by atoms with Gasteiger partial charge < -0.3 is 9.32 Å². The largest absolute Gasteiger partial charge is 0.467 e. The van der Waals surface area contributed by atoms with Crippen molar-refractivity contribution in [3.63, 3.8) is 0 Å². The van der Waals surface area contributed by atoms with Gasteiger partial charge in [-0.05, 0) is 49.2 Å². The first-order chi connectivity index (χ1) is 11.5. The number of carbonyl (C=O) groups excluding carboxylic acids is 1. The first-order valence-corrected chi connectivity index (χ1v) is 9.46. The topological polar surface area (TPSA) is 70.8 Å². The third-order valence-electron chi connectivity index (χ3n) is 4.07. The zero-order valence-corrected chi connectivity index (χ0v) is 14.3. The summed E-state index contributed by atoms with van der Waals surface area (Å²) in [7, 11) is -1.53. The van der Waals surface area contributed by atoms with E-state index < -0.39 is 10.0 Å². The number of hydrogen-bond donors (Lipinski definition) is 0. The van der Waals surface area contributed by atoms with E-state index in [0.717, 1.165) is 6.42 Å². The summed E-state index contributed by atoms with van der Waals surface area (Å²) < 4.78 is 30.9. The molecule has 7 heteroatoms. The summed E-state index contributed by atoms with van der Waals surface area (Å²) >= 11 is 0. The summed E-state index contributed by atoms with van der Waals surface area (Å²) in [5.74, 6) is 0.751. The Labute approximate surface area is 141 Å². The zero-order valence-electron chi connectivity index (χ0n) is 13.5. The van der Waals surface area contributed by atoms with E-state index in [1.165, 1.54) is 4.31 Å². The third kappa shape index (κ3) is 3.46. The van der Waals surface area contributed by atoms with Gasteiger partial charge in [0.2, 0.25) is 10.0 Å². The summed E-state index contributed by atoms with van der Waals surface area (Å²) in [5.41, 5.74) is 1.13. The van der Waals surface area contributed by atoms with Gasteiger partial charge in [0.05, 0.1) is 24.2 Å². The highest BCUT2D eigenvalue weighted by Crippen LogP contribution is 2.24. The first-order valence-electron chi connectivity index (χ1n) is 7.86. The van der Waals surface area contributed by atoms with Crippen LogP contribution in [0.4, 0.5) is 5.69 Å². The Morgan fingerprint density at radius 3 is 2.58 bits per heavy atom. The fourth-order valence-corrected chi connectivity index (χ4v) is 4.42. The van der Waals surface area contributed by atoms with E-state index >= 15 is 0 Å². The van der Waals surface area contributed by atoms with Crippen molar-refractivity contribution in [2.75, 3.05) is 23.7 Å². The van der Waals surface area contributed by atoms with Crippen LogP contribution < -0.4 is 4.31 Å². The monoisotopic (exact) mass is 348 g/mol. The van der Waals surface area contributed by atoms with Crippen molar-refractivity contribution in [1.82, 2.24) is 4.90 Å². The summed E-state index contributed by atoms with van der Waals surface area (Å²) in [4.78, 5) is 14.0. The molecule has 0 N–H and O–H groups in total. The van der Waals surface area contributed by atoms with Crippen molar-refractivity contribution in [3.05, 3.63) is 54.0 Å². The zero-order chi connectivity index (χ0) is 17.2. The molecule has 0 spiro atoms. The summed E-state index contributed by atoms with van der Waals surface area (Å²) in [6.07, 6.45) is 3.13. The molecule has 1 aromatic carbocycles. The van der Waals surface area contributed by atoms with Crippen molar-refractivity contribution in [1.29, 1.82) is 0 Å². The maximum Gasteiger partial charge on any atom is 0.254 e. The number of furan rings is 1. The fourth-order valence-electron chi connectivity index (χ4n) is 2.78. The van der Waals surface area contributed by atoms with Gasteiger partial charge in [-0.1, -0.05) is 0 Å². The van der Waals surface area contributed by atoms with Crippen molar-refractivity contribution in [2.24, 2.45) is 0 Å². The number of anilines is 1. The van der Waals surface area contributed by atoms with Crippen LogP contribution in [0.5, 0.6) is 0 Å². The number of nitrogens with zero attached hydrogens (tertiary/aromatic N) is 2. The quantitative estimate of drug-likeness (QED) is 0.851. The Bertz CT molecular complexity index is 798. The molecule has 0 atom stereocenters. The lowest BCUT2D eigenvalue weighted by atomic mass is 10.1. The van der Waals surface area contributed by atoms with Crippen LogP contribution in [0.3, 0.4) is 0 Å². The molecule has 2 aromatic rings. The number of rotatable bonds is 4. The normalized spacial score (nSPS) is 16.8. The molecule has 1 saturated heterocycles. The Hall–Kier alpha value is -2.28. The summed E-state index contributed by atoms with van der Waals surface area (Å²) in [6.45, 7) is 0.877. The first kappa shape index (κ1) is 16.6. The van der Waals surface area contributed by atoms with Crippen LogP contribution >= 0.6 is 0 Å². The van der Waals surface area contributed by atoms with Gasteiger partial charge in [0.1, 0.15) is 5.76 Å². The van der Waals surface area contributed by atoms with Crippen molar-refractivity contribution in [2.45, 2.75) is 19.4 Å². The maximum atomic E-state index is 12.4. The molecule has 1 aliphatic heterocycles. The fraction of sp³-hybridized carbons (Fsp3) is 0.353. The molecule has 1 amide bonds. The van der Waals surface area contributed by atoms with Crippen molar-refractivity contribution >= 4 is 21.6 Å². The molecule has 1 fully saturated rings. The van der Waals surface area contributed by atoms with Crippen molar-refractivity contribution < 1.29 is 17.6 Å². The standard InChI is InChI=1S/C17H20N2O4S/c1-18(13-16-5-4-11-23-16)17(20)14-6-8-15(9-7-14)19-10-2-3-12-24(19,21)22/h4-9,11H,2-3,10,12-13H2,1H3. The second-order valence-corrected chi connectivity index (χ2v) is 7.90. The molecular formula is C17H20N2O4S. The van der Waals surface area contributed by atoms with E-state index in [0.29, 0.717) is 36.5 Å². The molecule has 0 aliphatic carbocycles. The van der Waals surface area contributed by atoms with E-state index in [1.807, 2.05) is 6.07 Å². The lowest BCUT2D eigenvalue weighted by Gasteiger charge is -2.28. The number of sulfonamides is 1. The second kappa shape index (κ2) is 6.68. The minimum absolute atomic E-state index is 0.139. The average molecular weight is 348 g/mol. The number of hydrogen-bond acceptors (Lipinski definition) is 4. The molecule has 0 unspecified atom stereocenters. The molecule has 24 heavy (non-hydrogen) atoms. The smallest absolute Gasteiger partial charge is 0.254 e. The van der Waals surface area contributed by atoms with Crippen LogP contribution in [0, 0.1) is 0 Å². The maximum absolute atomic E-state index is 12.4. The van der Waals surface area contributed by atoms with Gasteiger partial charge in [-0.3, -0.25) is 9.10 Å². The molecule has 1 aromatic heterocycles. The SMILES string of the molecule is CN(Cc1ccco1)C(=O)c1ccc(N2CCCCS2(=O)=O)cc1. The third-order valence-corrected chi connectivity index (χ3v) is 5.94. The second-order valence-electron chi connectivity index (χ2n) is 5.88. The summed E-state index contributed by atoms with van der Waals surface area (Å²) in [6, 6.07) is 10.3. The minimum Gasteiger partial charge on any atom is -0.467 e. The molecule has 128 valence electrons. The van der Waals surface area contributed by atoms with Crippen LogP contribution in [0.1, 0.15) is 29.0 Å². The van der Waals surface area contributed by atoms with E-state index in [-0.39, 0.29) is 11.7 Å². The molecule has 2 heterocycles. The number of amides is 1. The van der Waals surface area contributed by atoms with E-state index in [9.17, 15) is 13.2 Å². The Morgan fingerprint density at radius 2 is 1.96 bits per heavy atom. The molecule has 6 nitrogen and oxygen atoms in total. The number of carbonyl (C=O) groups is 1. The minimum atomic E-state index is -3.23. The molecule has 3 rings (SSSR count). The molecule has 0 saturated carbocycles. The van der Waals surface area contributed by atoms with Crippen molar-refractivity contribution in [3.8, 4) is 0 Å². The predicted molar refractivity (Wildman–Crippen MR) is 91.3 cm³/mol.